The van der Waals surface area contributed by atoms with Gasteiger partial charge in [-0.25, -0.2) is 29.9 Å². The lowest BCUT2D eigenvalue weighted by Gasteiger charge is -2.36. The molecule has 2 saturated heterocycles. The predicted octanol–water partition coefficient (Wildman–Crippen LogP) is 6.18. The van der Waals surface area contributed by atoms with E-state index in [1.54, 1.807) is 21.9 Å². The summed E-state index contributed by atoms with van der Waals surface area (Å²) in [6.45, 7) is 9.72. The maximum absolute atomic E-state index is 5.99. The molecule has 18 nitrogen and oxygen atoms in total. The molecular formula is C48H57ClN16O2. The summed E-state index contributed by atoms with van der Waals surface area (Å²) in [7, 11) is 7.65. The molecule has 2 aromatic carbocycles. The Morgan fingerprint density at radius 3 is 1.51 bits per heavy atom. The number of benzene rings is 2. The third-order valence-electron chi connectivity index (χ3n) is 12.6. The van der Waals surface area contributed by atoms with E-state index in [1.165, 1.54) is 43.4 Å². The zero-order valence-corrected chi connectivity index (χ0v) is 39.3. The standard InChI is InChI=1S/C24H28N8O.C14H20N2O.C10H9ClN6/c1-29-14-18(13-27-29)22-28-21-23(30(22)2)25-16-26-24(21)32-11-9-31(10-12-32)19-5-7-20(8-6-19)33-15-17-3-4-17;1-2-12(1)11-17-14-5-3-13(4-6-14)16-9-7-15-8-10-16;1-16-4-6(3-14-16)9-15-7-8(11)12-5-13-10(7)17(9)2/h5-8,13-14,16-17H,3-4,9-12,15H2,1-2H3;3-6,12,15H,1-2,7-11H2;3-5H,1-2H3. The summed E-state index contributed by atoms with van der Waals surface area (Å²) >= 11 is 5.99. The average Bonchev–Trinajstić information content (AvgIpc) is 4.23. The molecule has 2 aliphatic heterocycles. The van der Waals surface area contributed by atoms with Crippen LogP contribution >= 0.6 is 11.6 Å². The van der Waals surface area contributed by atoms with Crippen molar-refractivity contribution in [3.05, 3.63) is 91.1 Å². The van der Waals surface area contributed by atoms with Crippen LogP contribution in [0.25, 0.3) is 45.1 Å². The first kappa shape index (κ1) is 44.1. The average molecular weight is 926 g/mol. The molecule has 8 heterocycles. The van der Waals surface area contributed by atoms with Crippen molar-refractivity contribution in [2.75, 3.05) is 80.3 Å². The first-order chi connectivity index (χ1) is 32.7. The summed E-state index contributed by atoms with van der Waals surface area (Å²) in [6.07, 6.45) is 15.8. The molecular weight excluding hydrogens is 868 g/mol. The second-order valence-electron chi connectivity index (χ2n) is 17.7. The normalized spacial score (nSPS) is 16.2. The van der Waals surface area contributed by atoms with Gasteiger partial charge in [0.1, 0.15) is 41.3 Å². The largest absolute Gasteiger partial charge is 0.493 e. The Balaban J connectivity index is 0.000000130. The fraction of sp³-hybridized carbons (Fsp3) is 0.417. The zero-order valence-electron chi connectivity index (χ0n) is 38.5. The van der Waals surface area contributed by atoms with Crippen LogP contribution in [0.5, 0.6) is 11.5 Å². The van der Waals surface area contributed by atoms with E-state index in [2.05, 4.69) is 104 Å². The van der Waals surface area contributed by atoms with Crippen molar-refractivity contribution in [2.45, 2.75) is 25.7 Å². The van der Waals surface area contributed by atoms with Crippen molar-refractivity contribution in [1.29, 1.82) is 0 Å². The summed E-state index contributed by atoms with van der Waals surface area (Å²) in [5.41, 5.74) is 7.43. The fourth-order valence-corrected chi connectivity index (χ4v) is 8.55. The number of aryl methyl sites for hydroxylation is 4. The summed E-state index contributed by atoms with van der Waals surface area (Å²) in [5, 5.41) is 12.1. The van der Waals surface area contributed by atoms with Gasteiger partial charge in [0.2, 0.25) is 0 Å². The quantitative estimate of drug-likeness (QED) is 0.146. The van der Waals surface area contributed by atoms with Crippen LogP contribution < -0.4 is 29.5 Å². The molecule has 0 radical (unpaired) electrons. The van der Waals surface area contributed by atoms with Crippen molar-refractivity contribution in [3.8, 4) is 34.3 Å². The number of fused-ring (bicyclic) bond motifs is 2. The SMILES string of the molecule is Cn1cc(-c2nc3c(Cl)ncnc3n2C)cn1.Cn1cc(-c2nc3c(N4CCN(c5ccc(OCC6CC6)cc5)CC4)ncnc3n2C)cn1.c1cc(N2CCNCC2)ccc1OCC1CC1. The molecule has 0 unspecified atom stereocenters. The minimum absolute atomic E-state index is 0.362. The highest BCUT2D eigenvalue weighted by Gasteiger charge is 2.25. The maximum Gasteiger partial charge on any atom is 0.165 e. The van der Waals surface area contributed by atoms with Gasteiger partial charge >= 0.3 is 0 Å². The van der Waals surface area contributed by atoms with E-state index in [9.17, 15) is 0 Å². The minimum atomic E-state index is 0.362. The molecule has 4 fully saturated rings. The van der Waals surface area contributed by atoms with E-state index in [1.807, 2.05) is 55.9 Å². The van der Waals surface area contributed by atoms with Crippen molar-refractivity contribution < 1.29 is 9.47 Å². The highest BCUT2D eigenvalue weighted by atomic mass is 35.5. The van der Waals surface area contributed by atoms with Gasteiger partial charge in [0.25, 0.3) is 0 Å². The minimum Gasteiger partial charge on any atom is -0.493 e. The third-order valence-corrected chi connectivity index (χ3v) is 12.9. The Hall–Kier alpha value is -6.79. The van der Waals surface area contributed by atoms with Crippen molar-refractivity contribution in [2.24, 2.45) is 40.0 Å². The first-order valence-corrected chi connectivity index (χ1v) is 23.5. The van der Waals surface area contributed by atoms with Crippen LogP contribution in [0.1, 0.15) is 25.7 Å². The Labute approximate surface area is 394 Å². The molecule has 6 aromatic heterocycles. The number of hydrogen-bond donors (Lipinski definition) is 1. The number of rotatable bonds is 11. The lowest BCUT2D eigenvalue weighted by Crippen LogP contribution is -2.47. The van der Waals surface area contributed by atoms with Crippen LogP contribution in [-0.4, -0.2) is 124 Å². The second kappa shape index (κ2) is 19.6. The van der Waals surface area contributed by atoms with E-state index >= 15 is 0 Å². The Kier molecular flexibility index (Phi) is 12.9. The van der Waals surface area contributed by atoms with Crippen molar-refractivity contribution in [3.63, 3.8) is 0 Å². The van der Waals surface area contributed by atoms with Crippen LogP contribution in [0.2, 0.25) is 5.15 Å². The number of hydrogen-bond acceptors (Lipinski definition) is 14. The highest BCUT2D eigenvalue weighted by molar-refractivity contribution is 6.33. The lowest BCUT2D eigenvalue weighted by molar-refractivity contribution is 0.299. The molecule has 19 heteroatoms. The van der Waals surface area contributed by atoms with E-state index in [-0.39, 0.29) is 0 Å². The summed E-state index contributed by atoms with van der Waals surface area (Å²) in [6, 6.07) is 17.1. The molecule has 0 bridgehead atoms. The van der Waals surface area contributed by atoms with Gasteiger partial charge in [-0.05, 0) is 86.1 Å². The van der Waals surface area contributed by atoms with Crippen LogP contribution in [0.4, 0.5) is 17.2 Å². The van der Waals surface area contributed by atoms with E-state index in [0.29, 0.717) is 16.3 Å². The number of piperazine rings is 2. The number of ether oxygens (including phenoxy) is 2. The van der Waals surface area contributed by atoms with Crippen LogP contribution in [0.15, 0.2) is 86.0 Å². The molecule has 4 aliphatic rings. The van der Waals surface area contributed by atoms with E-state index in [4.69, 9.17) is 26.1 Å². The Morgan fingerprint density at radius 2 is 1.03 bits per heavy atom. The zero-order chi connectivity index (χ0) is 45.9. The van der Waals surface area contributed by atoms with Crippen LogP contribution in [0.3, 0.4) is 0 Å². The van der Waals surface area contributed by atoms with Crippen molar-refractivity contribution >= 4 is 51.1 Å². The highest BCUT2D eigenvalue weighted by Crippen LogP contribution is 2.33. The Morgan fingerprint density at radius 1 is 0.567 bits per heavy atom. The molecule has 1 N–H and O–H groups in total. The second-order valence-corrected chi connectivity index (χ2v) is 18.1. The molecule has 0 atom stereocenters. The molecule has 2 saturated carbocycles. The number of anilines is 3. The van der Waals surface area contributed by atoms with Crippen LogP contribution in [0, 0.1) is 11.8 Å². The molecule has 348 valence electrons. The fourth-order valence-electron chi connectivity index (χ4n) is 8.38. The number of aromatic nitrogens is 12. The Bertz CT molecular complexity index is 2900. The van der Waals surface area contributed by atoms with E-state index in [0.717, 1.165) is 129 Å². The van der Waals surface area contributed by atoms with Gasteiger partial charge in [-0.3, -0.25) is 9.36 Å². The summed E-state index contributed by atoms with van der Waals surface area (Å²) in [4.78, 5) is 33.7. The molecule has 8 aromatic rings. The van der Waals surface area contributed by atoms with Gasteiger partial charge < -0.3 is 38.6 Å². The van der Waals surface area contributed by atoms with Crippen LogP contribution in [-0.2, 0) is 28.2 Å². The molecule has 67 heavy (non-hydrogen) atoms. The summed E-state index contributed by atoms with van der Waals surface area (Å²) in [5.74, 6) is 6.09. The van der Waals surface area contributed by atoms with Gasteiger partial charge in [-0.2, -0.15) is 10.2 Å². The molecule has 0 amide bonds. The third kappa shape index (κ3) is 10.3. The van der Waals surface area contributed by atoms with Gasteiger partial charge in [-0.1, -0.05) is 11.6 Å². The number of nitrogens with zero attached hydrogens (tertiary/aromatic N) is 15. The summed E-state index contributed by atoms with van der Waals surface area (Å²) < 4.78 is 19.0. The predicted molar refractivity (Wildman–Crippen MR) is 261 cm³/mol. The van der Waals surface area contributed by atoms with Crippen molar-refractivity contribution in [1.82, 2.24) is 63.9 Å². The van der Waals surface area contributed by atoms with Gasteiger partial charge in [0.05, 0.1) is 36.7 Å². The number of imidazole rings is 2. The molecule has 12 rings (SSSR count). The molecule has 0 spiro atoms. The monoisotopic (exact) mass is 924 g/mol. The number of nitrogens with one attached hydrogen (secondary N) is 1. The van der Waals surface area contributed by atoms with Gasteiger partial charge in [0, 0.05) is 104 Å². The van der Waals surface area contributed by atoms with Gasteiger partial charge in [-0.15, -0.1) is 0 Å². The lowest BCUT2D eigenvalue weighted by atomic mass is 10.2. The van der Waals surface area contributed by atoms with E-state index < -0.39 is 0 Å². The number of halogens is 1. The molecule has 2 aliphatic carbocycles. The smallest absolute Gasteiger partial charge is 0.165 e. The van der Waals surface area contributed by atoms with Gasteiger partial charge in [0.15, 0.2) is 27.8 Å². The first-order valence-electron chi connectivity index (χ1n) is 23.1. The topological polar surface area (TPSA) is 163 Å². The maximum atomic E-state index is 5.99.